The Hall–Kier alpha value is -1.13. The Labute approximate surface area is 68.8 Å². The van der Waals surface area contributed by atoms with Crippen molar-refractivity contribution < 1.29 is 13.2 Å². The Morgan fingerprint density at radius 2 is 1.75 bits per heavy atom. The second kappa shape index (κ2) is 2.73. The minimum absolute atomic E-state index is 0.141. The largest absolute Gasteiger partial charge is 0.416 e. The average molecular weight is 173 g/mol. The van der Waals surface area contributed by atoms with Crippen molar-refractivity contribution in [3.05, 3.63) is 23.8 Å². The molecule has 0 saturated heterocycles. The highest BCUT2D eigenvalue weighted by molar-refractivity contribution is 6.32. The van der Waals surface area contributed by atoms with Crippen LogP contribution < -0.4 is 11.2 Å². The molecule has 1 nitrogen and oxygen atoms in total. The van der Waals surface area contributed by atoms with E-state index in [-0.39, 0.29) is 5.69 Å². The van der Waals surface area contributed by atoms with Gasteiger partial charge in [-0.05, 0) is 12.1 Å². The standard InChI is InChI=1S/C7H7BF3N/c8-5-1-4(7(9,10)11)2-6(12)3-5/h1-3H,8,12H2. The van der Waals surface area contributed by atoms with Crippen molar-refractivity contribution in [2.45, 2.75) is 6.18 Å². The molecule has 0 saturated carbocycles. The zero-order valence-corrected chi connectivity index (χ0v) is 6.44. The fraction of sp³-hybridized carbons (Fsp3) is 0.143. The van der Waals surface area contributed by atoms with Crippen LogP contribution in [0.4, 0.5) is 18.9 Å². The Morgan fingerprint density at radius 3 is 2.17 bits per heavy atom. The number of nitrogen functional groups attached to an aromatic ring is 1. The predicted molar refractivity (Wildman–Crippen MR) is 44.0 cm³/mol. The topological polar surface area (TPSA) is 26.0 Å². The minimum Gasteiger partial charge on any atom is -0.399 e. The SMILES string of the molecule is Bc1cc(N)cc(C(F)(F)F)c1. The fourth-order valence-corrected chi connectivity index (χ4v) is 0.976. The monoisotopic (exact) mass is 173 g/mol. The molecule has 0 aliphatic carbocycles. The number of halogens is 3. The van der Waals surface area contributed by atoms with Crippen LogP contribution in [0.5, 0.6) is 0 Å². The van der Waals surface area contributed by atoms with Crippen LogP contribution in [0.2, 0.25) is 0 Å². The van der Waals surface area contributed by atoms with Crippen molar-refractivity contribution in [1.82, 2.24) is 0 Å². The first-order valence-corrected chi connectivity index (χ1v) is 3.34. The van der Waals surface area contributed by atoms with Gasteiger partial charge in [-0.1, -0.05) is 11.5 Å². The maximum atomic E-state index is 12.1. The van der Waals surface area contributed by atoms with E-state index >= 15 is 0 Å². The van der Waals surface area contributed by atoms with Gasteiger partial charge in [-0.3, -0.25) is 0 Å². The lowest BCUT2D eigenvalue weighted by atomic mass is 9.93. The van der Waals surface area contributed by atoms with Crippen molar-refractivity contribution in [3.63, 3.8) is 0 Å². The summed E-state index contributed by atoms with van der Waals surface area (Å²) in [7, 11) is 1.58. The number of hydrogen-bond acceptors (Lipinski definition) is 1. The maximum absolute atomic E-state index is 12.1. The van der Waals surface area contributed by atoms with Gasteiger partial charge in [-0.15, -0.1) is 0 Å². The van der Waals surface area contributed by atoms with E-state index in [0.29, 0.717) is 5.46 Å². The first kappa shape index (κ1) is 8.97. The lowest BCUT2D eigenvalue weighted by Gasteiger charge is -2.08. The van der Waals surface area contributed by atoms with Gasteiger partial charge in [0, 0.05) is 5.69 Å². The number of rotatable bonds is 0. The van der Waals surface area contributed by atoms with Gasteiger partial charge in [-0.2, -0.15) is 13.2 Å². The molecular weight excluding hydrogens is 166 g/mol. The third kappa shape index (κ3) is 1.93. The summed E-state index contributed by atoms with van der Waals surface area (Å²) >= 11 is 0. The minimum atomic E-state index is -4.31. The number of benzene rings is 1. The molecule has 12 heavy (non-hydrogen) atoms. The molecule has 0 radical (unpaired) electrons. The van der Waals surface area contributed by atoms with Crippen LogP contribution in [0, 0.1) is 0 Å². The summed E-state index contributed by atoms with van der Waals surface area (Å²) in [4.78, 5) is 0. The highest BCUT2D eigenvalue weighted by Crippen LogP contribution is 2.29. The first-order valence-electron chi connectivity index (χ1n) is 3.34. The zero-order valence-electron chi connectivity index (χ0n) is 6.44. The summed E-state index contributed by atoms with van der Waals surface area (Å²) in [6.07, 6.45) is -4.31. The molecule has 0 amide bonds. The van der Waals surface area contributed by atoms with Crippen molar-refractivity contribution in [2.75, 3.05) is 5.73 Å². The number of hydrogen-bond donors (Lipinski definition) is 1. The molecule has 5 heteroatoms. The molecule has 0 aromatic heterocycles. The van der Waals surface area contributed by atoms with E-state index in [1.165, 1.54) is 6.07 Å². The van der Waals surface area contributed by atoms with Gasteiger partial charge >= 0.3 is 6.18 Å². The van der Waals surface area contributed by atoms with Crippen LogP contribution >= 0.6 is 0 Å². The summed E-state index contributed by atoms with van der Waals surface area (Å²) in [6.45, 7) is 0. The summed E-state index contributed by atoms with van der Waals surface area (Å²) in [5.41, 5.74) is 5.22. The molecule has 1 aromatic carbocycles. The van der Waals surface area contributed by atoms with E-state index < -0.39 is 11.7 Å². The molecule has 0 aliphatic rings. The van der Waals surface area contributed by atoms with E-state index in [2.05, 4.69) is 0 Å². The van der Waals surface area contributed by atoms with E-state index in [1.807, 2.05) is 0 Å². The van der Waals surface area contributed by atoms with Crippen molar-refractivity contribution >= 4 is 19.0 Å². The van der Waals surface area contributed by atoms with Gasteiger partial charge in [-0.25, -0.2) is 0 Å². The summed E-state index contributed by atoms with van der Waals surface area (Å²) in [6, 6.07) is 3.48. The van der Waals surface area contributed by atoms with Gasteiger partial charge in [0.05, 0.1) is 5.56 Å². The van der Waals surface area contributed by atoms with Crippen LogP contribution in [0.25, 0.3) is 0 Å². The molecule has 0 aliphatic heterocycles. The van der Waals surface area contributed by atoms with Gasteiger partial charge in [0.2, 0.25) is 0 Å². The third-order valence-electron chi connectivity index (χ3n) is 1.43. The van der Waals surface area contributed by atoms with Gasteiger partial charge in [0.1, 0.15) is 7.85 Å². The molecule has 0 fully saturated rings. The molecule has 2 N–H and O–H groups in total. The van der Waals surface area contributed by atoms with E-state index in [9.17, 15) is 13.2 Å². The van der Waals surface area contributed by atoms with Crippen LogP contribution in [0.3, 0.4) is 0 Å². The lowest BCUT2D eigenvalue weighted by Crippen LogP contribution is -2.12. The van der Waals surface area contributed by atoms with Crippen LogP contribution in [-0.2, 0) is 6.18 Å². The summed E-state index contributed by atoms with van der Waals surface area (Å²) < 4.78 is 36.3. The summed E-state index contributed by atoms with van der Waals surface area (Å²) in [5.74, 6) is 0. The average Bonchev–Trinajstić information content (AvgIpc) is 1.82. The normalized spacial score (nSPS) is 11.6. The van der Waals surface area contributed by atoms with Gasteiger partial charge in [0.25, 0.3) is 0 Å². The van der Waals surface area contributed by atoms with E-state index in [1.54, 1.807) is 7.85 Å². The van der Waals surface area contributed by atoms with Gasteiger partial charge in [0.15, 0.2) is 0 Å². The predicted octanol–water partition coefficient (Wildman–Crippen LogP) is 0.546. The quantitative estimate of drug-likeness (QED) is 0.449. The molecule has 1 rings (SSSR count). The number of alkyl halides is 3. The van der Waals surface area contributed by atoms with Gasteiger partial charge < -0.3 is 5.73 Å². The molecule has 0 unspecified atom stereocenters. The molecule has 1 aromatic rings. The van der Waals surface area contributed by atoms with Crippen molar-refractivity contribution in [3.8, 4) is 0 Å². The molecular formula is C7H7BF3N. The smallest absolute Gasteiger partial charge is 0.399 e. The Kier molecular flexibility index (Phi) is 2.04. The van der Waals surface area contributed by atoms with E-state index in [4.69, 9.17) is 5.73 Å². The highest BCUT2D eigenvalue weighted by Gasteiger charge is 2.30. The van der Waals surface area contributed by atoms with Crippen LogP contribution in [0.15, 0.2) is 18.2 Å². The second-order valence-corrected chi connectivity index (χ2v) is 2.63. The molecule has 0 atom stereocenters. The molecule has 64 valence electrons. The summed E-state index contributed by atoms with van der Waals surface area (Å²) in [5, 5.41) is 0. The second-order valence-electron chi connectivity index (χ2n) is 2.63. The Morgan fingerprint density at radius 1 is 1.17 bits per heavy atom. The van der Waals surface area contributed by atoms with E-state index in [0.717, 1.165) is 12.1 Å². The number of anilines is 1. The third-order valence-corrected chi connectivity index (χ3v) is 1.43. The van der Waals surface area contributed by atoms with Crippen LogP contribution in [-0.4, -0.2) is 7.85 Å². The Bertz CT molecular complexity index is 275. The van der Waals surface area contributed by atoms with Crippen molar-refractivity contribution in [1.29, 1.82) is 0 Å². The fourth-order valence-electron chi connectivity index (χ4n) is 0.976. The molecule has 0 heterocycles. The Balaban J connectivity index is 3.18. The zero-order chi connectivity index (χ0) is 9.35. The maximum Gasteiger partial charge on any atom is 0.416 e. The highest BCUT2D eigenvalue weighted by atomic mass is 19.4. The molecule has 0 bridgehead atoms. The number of nitrogens with two attached hydrogens (primary N) is 1. The van der Waals surface area contributed by atoms with Crippen LogP contribution in [0.1, 0.15) is 5.56 Å². The lowest BCUT2D eigenvalue weighted by molar-refractivity contribution is -0.137. The van der Waals surface area contributed by atoms with Crippen molar-refractivity contribution in [2.24, 2.45) is 0 Å². The molecule has 0 spiro atoms. The first-order chi connectivity index (χ1) is 5.39.